The molecule has 16 heavy (non-hydrogen) atoms. The summed E-state index contributed by atoms with van der Waals surface area (Å²) in [6.45, 7) is 7.41. The molecule has 3 heteroatoms. The Kier molecular flexibility index (Phi) is 4.62. The number of hydrogen-bond donors (Lipinski definition) is 1. The van der Waals surface area contributed by atoms with Gasteiger partial charge in [0.05, 0.1) is 0 Å². The fourth-order valence-corrected chi connectivity index (χ4v) is 2.94. The van der Waals surface area contributed by atoms with E-state index in [1.807, 2.05) is 0 Å². The first kappa shape index (κ1) is 12.3. The summed E-state index contributed by atoms with van der Waals surface area (Å²) in [6, 6.07) is 0.659. The van der Waals surface area contributed by atoms with Crippen molar-refractivity contribution in [3.8, 4) is 0 Å². The average molecular weight is 225 g/mol. The zero-order valence-electron chi connectivity index (χ0n) is 10.9. The van der Waals surface area contributed by atoms with Gasteiger partial charge in [0, 0.05) is 19.1 Å². The number of nitrogens with zero attached hydrogens (tertiary/aromatic N) is 2. The van der Waals surface area contributed by atoms with Crippen molar-refractivity contribution in [1.29, 1.82) is 0 Å². The molecule has 1 unspecified atom stereocenters. The third-order valence-corrected chi connectivity index (χ3v) is 4.21. The van der Waals surface area contributed by atoms with E-state index in [2.05, 4.69) is 29.3 Å². The van der Waals surface area contributed by atoms with Crippen LogP contribution in [-0.2, 0) is 0 Å². The zero-order valence-corrected chi connectivity index (χ0v) is 10.9. The van der Waals surface area contributed by atoms with Crippen LogP contribution in [0.4, 0.5) is 0 Å². The van der Waals surface area contributed by atoms with Gasteiger partial charge in [-0.1, -0.05) is 6.42 Å². The second-order valence-electron chi connectivity index (χ2n) is 5.61. The lowest BCUT2D eigenvalue weighted by atomic mass is 9.91. The van der Waals surface area contributed by atoms with Crippen molar-refractivity contribution in [1.82, 2.24) is 15.3 Å². The van der Waals surface area contributed by atoms with Crippen molar-refractivity contribution in [3.05, 3.63) is 0 Å². The van der Waals surface area contributed by atoms with E-state index in [-0.39, 0.29) is 0 Å². The Morgan fingerprint density at radius 3 is 2.25 bits per heavy atom. The molecule has 2 aliphatic rings. The monoisotopic (exact) mass is 225 g/mol. The molecule has 2 rings (SSSR count). The fourth-order valence-electron chi connectivity index (χ4n) is 2.94. The average Bonchev–Trinajstić information content (AvgIpc) is 2.31. The molecule has 0 aliphatic carbocycles. The van der Waals surface area contributed by atoms with Gasteiger partial charge in [-0.05, 0) is 58.7 Å². The summed E-state index contributed by atoms with van der Waals surface area (Å²) >= 11 is 0. The van der Waals surface area contributed by atoms with Crippen LogP contribution >= 0.6 is 0 Å². The first-order valence-corrected chi connectivity index (χ1v) is 6.95. The minimum absolute atomic E-state index is 0.659. The van der Waals surface area contributed by atoms with E-state index in [1.165, 1.54) is 58.3 Å². The molecular formula is C13H27N3. The molecule has 2 saturated heterocycles. The Hall–Kier alpha value is -0.120. The van der Waals surface area contributed by atoms with Crippen LogP contribution in [0, 0.1) is 5.92 Å². The first-order chi connectivity index (χ1) is 7.75. The zero-order chi connectivity index (χ0) is 11.4. The van der Waals surface area contributed by atoms with E-state index in [4.69, 9.17) is 0 Å². The summed E-state index contributed by atoms with van der Waals surface area (Å²) in [4.78, 5) is 2.45. The van der Waals surface area contributed by atoms with Gasteiger partial charge in [-0.25, -0.2) is 5.01 Å². The highest BCUT2D eigenvalue weighted by Crippen LogP contribution is 2.20. The van der Waals surface area contributed by atoms with Crippen molar-refractivity contribution >= 4 is 0 Å². The van der Waals surface area contributed by atoms with Gasteiger partial charge in [0.2, 0.25) is 0 Å². The van der Waals surface area contributed by atoms with E-state index in [9.17, 15) is 0 Å². The van der Waals surface area contributed by atoms with Crippen molar-refractivity contribution in [3.63, 3.8) is 0 Å². The number of rotatable bonds is 3. The van der Waals surface area contributed by atoms with Crippen molar-refractivity contribution < 1.29 is 0 Å². The molecule has 0 bridgehead atoms. The minimum Gasteiger partial charge on any atom is -0.306 e. The predicted molar refractivity (Wildman–Crippen MR) is 68.2 cm³/mol. The highest BCUT2D eigenvalue weighted by Gasteiger charge is 2.23. The number of hydrazine groups is 1. The molecular weight excluding hydrogens is 198 g/mol. The van der Waals surface area contributed by atoms with Gasteiger partial charge in [0.15, 0.2) is 0 Å². The maximum atomic E-state index is 3.72. The Morgan fingerprint density at radius 2 is 1.62 bits per heavy atom. The third kappa shape index (κ3) is 3.44. The molecule has 1 atom stereocenters. The topological polar surface area (TPSA) is 18.5 Å². The predicted octanol–water partition coefficient (Wildman–Crippen LogP) is 1.71. The minimum atomic E-state index is 0.659. The van der Waals surface area contributed by atoms with Crippen molar-refractivity contribution in [2.75, 3.05) is 33.2 Å². The number of likely N-dealkylation sites (tertiary alicyclic amines) is 1. The molecule has 0 amide bonds. The van der Waals surface area contributed by atoms with Gasteiger partial charge in [0.25, 0.3) is 0 Å². The molecule has 0 radical (unpaired) electrons. The largest absolute Gasteiger partial charge is 0.306 e. The van der Waals surface area contributed by atoms with Gasteiger partial charge < -0.3 is 4.90 Å². The van der Waals surface area contributed by atoms with Crippen LogP contribution in [-0.4, -0.2) is 49.2 Å². The van der Waals surface area contributed by atoms with Gasteiger partial charge in [-0.2, -0.15) is 0 Å². The van der Waals surface area contributed by atoms with E-state index < -0.39 is 0 Å². The Bertz CT molecular complexity index is 193. The SMILES string of the molecule is CC(NN1CCCCC1)C1CCN(C)CC1. The van der Waals surface area contributed by atoms with Crippen LogP contribution in [0.2, 0.25) is 0 Å². The van der Waals surface area contributed by atoms with E-state index >= 15 is 0 Å². The molecule has 0 saturated carbocycles. The third-order valence-electron chi connectivity index (χ3n) is 4.21. The number of hydrogen-bond acceptors (Lipinski definition) is 3. The summed E-state index contributed by atoms with van der Waals surface area (Å²) in [6.07, 6.45) is 6.87. The second kappa shape index (κ2) is 5.99. The van der Waals surface area contributed by atoms with Crippen LogP contribution < -0.4 is 5.43 Å². The van der Waals surface area contributed by atoms with Crippen molar-refractivity contribution in [2.45, 2.75) is 45.1 Å². The van der Waals surface area contributed by atoms with Gasteiger partial charge in [0.1, 0.15) is 0 Å². The summed E-state index contributed by atoms with van der Waals surface area (Å²) in [5, 5.41) is 2.45. The highest BCUT2D eigenvalue weighted by molar-refractivity contribution is 4.78. The van der Waals surface area contributed by atoms with Crippen LogP contribution in [0.3, 0.4) is 0 Å². The molecule has 2 fully saturated rings. The standard InChI is InChI=1S/C13H27N3/c1-12(13-6-10-15(2)11-7-13)14-16-8-4-3-5-9-16/h12-14H,3-11H2,1-2H3. The lowest BCUT2D eigenvalue weighted by Gasteiger charge is -2.37. The summed E-state index contributed by atoms with van der Waals surface area (Å²) < 4.78 is 0. The molecule has 3 nitrogen and oxygen atoms in total. The van der Waals surface area contributed by atoms with Crippen LogP contribution in [0.25, 0.3) is 0 Å². The highest BCUT2D eigenvalue weighted by atomic mass is 15.5. The quantitative estimate of drug-likeness (QED) is 0.789. The Morgan fingerprint density at radius 1 is 1.00 bits per heavy atom. The van der Waals surface area contributed by atoms with Gasteiger partial charge >= 0.3 is 0 Å². The lowest BCUT2D eigenvalue weighted by molar-refractivity contribution is 0.0923. The van der Waals surface area contributed by atoms with Crippen LogP contribution in [0.15, 0.2) is 0 Å². The molecule has 1 N–H and O–H groups in total. The van der Waals surface area contributed by atoms with Crippen molar-refractivity contribution in [2.24, 2.45) is 5.92 Å². The summed E-state index contributed by atoms with van der Waals surface area (Å²) in [7, 11) is 2.24. The number of piperidine rings is 2. The molecule has 2 heterocycles. The van der Waals surface area contributed by atoms with E-state index in [0.29, 0.717) is 6.04 Å². The summed E-state index contributed by atoms with van der Waals surface area (Å²) in [5.74, 6) is 0.873. The molecule has 94 valence electrons. The van der Waals surface area contributed by atoms with E-state index in [1.54, 1.807) is 0 Å². The first-order valence-electron chi connectivity index (χ1n) is 6.95. The Labute approximate surface area is 100 Å². The molecule has 0 aromatic carbocycles. The Balaban J connectivity index is 1.72. The second-order valence-corrected chi connectivity index (χ2v) is 5.61. The molecule has 0 aromatic rings. The normalized spacial score (nSPS) is 28.1. The van der Waals surface area contributed by atoms with Gasteiger partial charge in [-0.3, -0.25) is 5.43 Å². The van der Waals surface area contributed by atoms with Crippen LogP contribution in [0.1, 0.15) is 39.0 Å². The van der Waals surface area contributed by atoms with E-state index in [0.717, 1.165) is 5.92 Å². The maximum Gasteiger partial charge on any atom is 0.0216 e. The molecule has 0 spiro atoms. The summed E-state index contributed by atoms with van der Waals surface area (Å²) in [5.41, 5.74) is 3.72. The molecule has 2 aliphatic heterocycles. The van der Waals surface area contributed by atoms with Crippen LogP contribution in [0.5, 0.6) is 0 Å². The fraction of sp³-hybridized carbons (Fsp3) is 1.00. The maximum absolute atomic E-state index is 3.72. The lowest BCUT2D eigenvalue weighted by Crippen LogP contribution is -2.50. The van der Waals surface area contributed by atoms with Gasteiger partial charge in [-0.15, -0.1) is 0 Å². The number of nitrogens with one attached hydrogen (secondary N) is 1. The molecule has 0 aromatic heterocycles. The smallest absolute Gasteiger partial charge is 0.0216 e.